The summed E-state index contributed by atoms with van der Waals surface area (Å²) in [5.41, 5.74) is 0.981. The zero-order chi connectivity index (χ0) is 12.5. The minimum absolute atomic E-state index is 0.419. The highest BCUT2D eigenvalue weighted by Gasteiger charge is 2.18. The lowest BCUT2D eigenvalue weighted by atomic mass is 10.2. The lowest BCUT2D eigenvalue weighted by molar-refractivity contribution is 0.208. The summed E-state index contributed by atoms with van der Waals surface area (Å²) in [7, 11) is 0. The molecule has 0 radical (unpaired) electrons. The van der Waals surface area contributed by atoms with Gasteiger partial charge in [-0.15, -0.1) is 10.2 Å². The number of fused-ring (bicyclic) bond motifs is 1. The molecule has 0 atom stereocenters. The van der Waals surface area contributed by atoms with E-state index in [0.29, 0.717) is 10.2 Å². The van der Waals surface area contributed by atoms with Gasteiger partial charge in [0, 0.05) is 36.4 Å². The molecule has 0 saturated heterocycles. The van der Waals surface area contributed by atoms with Crippen LogP contribution in [0.1, 0.15) is 11.4 Å². The molecule has 0 unspecified atom stereocenters. The van der Waals surface area contributed by atoms with Gasteiger partial charge in [-0.3, -0.25) is 4.90 Å². The molecule has 0 bridgehead atoms. The van der Waals surface area contributed by atoms with Crippen molar-refractivity contribution < 1.29 is 0 Å². The Morgan fingerprint density at radius 1 is 1.28 bits per heavy atom. The highest BCUT2D eigenvalue weighted by molar-refractivity contribution is 6.34. The molecule has 5 nitrogen and oxygen atoms in total. The average molecular weight is 284 g/mol. The smallest absolute Gasteiger partial charge is 0.147 e. The van der Waals surface area contributed by atoms with Gasteiger partial charge < -0.3 is 4.57 Å². The lowest BCUT2D eigenvalue weighted by Gasteiger charge is -2.27. The normalized spacial score (nSPS) is 15.7. The Kier molecular flexibility index (Phi) is 3.20. The Labute approximate surface area is 114 Å². The maximum Gasteiger partial charge on any atom is 0.147 e. The van der Waals surface area contributed by atoms with Gasteiger partial charge in [0.25, 0.3) is 0 Å². The van der Waals surface area contributed by atoms with Gasteiger partial charge in [0.2, 0.25) is 0 Å². The van der Waals surface area contributed by atoms with E-state index in [1.807, 2.05) is 0 Å². The molecule has 2 aromatic heterocycles. The molecular formula is C11H11Cl2N5. The molecule has 3 heterocycles. The maximum absolute atomic E-state index is 6.14. The first-order chi connectivity index (χ1) is 8.72. The number of nitrogens with zero attached hydrogens (tertiary/aromatic N) is 5. The SMILES string of the molecule is Clc1cc(Cl)c(CN2CCn3cnnc3C2)cn1. The Bertz CT molecular complexity index is 568. The van der Waals surface area contributed by atoms with Crippen LogP contribution in [0.4, 0.5) is 0 Å². The predicted molar refractivity (Wildman–Crippen MR) is 68.4 cm³/mol. The van der Waals surface area contributed by atoms with Gasteiger partial charge in [-0.1, -0.05) is 23.2 Å². The molecule has 0 fully saturated rings. The second-order valence-electron chi connectivity index (χ2n) is 4.25. The van der Waals surface area contributed by atoms with Gasteiger partial charge in [-0.2, -0.15) is 0 Å². The van der Waals surface area contributed by atoms with Crippen LogP contribution in [0.2, 0.25) is 10.2 Å². The van der Waals surface area contributed by atoms with Gasteiger partial charge in [0.05, 0.1) is 6.54 Å². The van der Waals surface area contributed by atoms with Crippen molar-refractivity contribution in [2.24, 2.45) is 0 Å². The molecule has 0 N–H and O–H groups in total. The molecular weight excluding hydrogens is 273 g/mol. The van der Waals surface area contributed by atoms with Crippen LogP contribution < -0.4 is 0 Å². The van der Waals surface area contributed by atoms with E-state index in [-0.39, 0.29) is 0 Å². The van der Waals surface area contributed by atoms with Crippen LogP contribution in [0.3, 0.4) is 0 Å². The number of hydrogen-bond acceptors (Lipinski definition) is 4. The summed E-state index contributed by atoms with van der Waals surface area (Å²) >= 11 is 11.9. The maximum atomic E-state index is 6.14. The van der Waals surface area contributed by atoms with Crippen LogP contribution >= 0.6 is 23.2 Å². The molecule has 0 saturated carbocycles. The third kappa shape index (κ3) is 2.34. The fourth-order valence-corrected chi connectivity index (χ4v) is 2.47. The van der Waals surface area contributed by atoms with Crippen molar-refractivity contribution in [3.63, 3.8) is 0 Å². The van der Waals surface area contributed by atoms with E-state index in [0.717, 1.165) is 37.6 Å². The molecule has 2 aromatic rings. The summed E-state index contributed by atoms with van der Waals surface area (Å²) in [5.74, 6) is 0.985. The fourth-order valence-electron chi connectivity index (χ4n) is 2.04. The van der Waals surface area contributed by atoms with E-state index in [9.17, 15) is 0 Å². The predicted octanol–water partition coefficient (Wildman–Crippen LogP) is 2.00. The van der Waals surface area contributed by atoms with Gasteiger partial charge in [0.1, 0.15) is 17.3 Å². The van der Waals surface area contributed by atoms with Crippen molar-refractivity contribution in [2.45, 2.75) is 19.6 Å². The molecule has 18 heavy (non-hydrogen) atoms. The molecule has 0 spiro atoms. The van der Waals surface area contributed by atoms with Gasteiger partial charge in [-0.25, -0.2) is 4.98 Å². The first kappa shape index (κ1) is 11.9. The number of rotatable bonds is 2. The van der Waals surface area contributed by atoms with Crippen LogP contribution in [-0.2, 0) is 19.6 Å². The molecule has 1 aliphatic heterocycles. The van der Waals surface area contributed by atoms with E-state index in [4.69, 9.17) is 23.2 Å². The van der Waals surface area contributed by atoms with Crippen molar-refractivity contribution in [1.82, 2.24) is 24.6 Å². The van der Waals surface area contributed by atoms with E-state index in [2.05, 4.69) is 24.6 Å². The molecule has 0 amide bonds. The number of halogens is 2. The monoisotopic (exact) mass is 283 g/mol. The lowest BCUT2D eigenvalue weighted by Crippen LogP contribution is -2.33. The van der Waals surface area contributed by atoms with Gasteiger partial charge in [0.15, 0.2) is 0 Å². The van der Waals surface area contributed by atoms with Crippen LogP contribution in [-0.4, -0.2) is 31.2 Å². The second kappa shape index (κ2) is 4.84. The second-order valence-corrected chi connectivity index (χ2v) is 5.04. The molecule has 94 valence electrons. The van der Waals surface area contributed by atoms with Gasteiger partial charge >= 0.3 is 0 Å². The zero-order valence-corrected chi connectivity index (χ0v) is 11.1. The van der Waals surface area contributed by atoms with Crippen molar-refractivity contribution in [2.75, 3.05) is 6.54 Å². The average Bonchev–Trinajstić information content (AvgIpc) is 2.80. The summed E-state index contributed by atoms with van der Waals surface area (Å²) in [6.45, 7) is 3.37. The highest BCUT2D eigenvalue weighted by Crippen LogP contribution is 2.21. The van der Waals surface area contributed by atoms with Crippen LogP contribution in [0, 0.1) is 0 Å². The van der Waals surface area contributed by atoms with Gasteiger partial charge in [-0.05, 0) is 6.07 Å². The molecule has 7 heteroatoms. The zero-order valence-electron chi connectivity index (χ0n) is 9.55. The number of hydrogen-bond donors (Lipinski definition) is 0. The summed E-state index contributed by atoms with van der Waals surface area (Å²) < 4.78 is 2.07. The van der Waals surface area contributed by atoms with Crippen LogP contribution in [0.25, 0.3) is 0 Å². The van der Waals surface area contributed by atoms with E-state index in [1.165, 1.54) is 0 Å². The topological polar surface area (TPSA) is 46.8 Å². The van der Waals surface area contributed by atoms with E-state index >= 15 is 0 Å². The minimum atomic E-state index is 0.419. The minimum Gasteiger partial charge on any atom is -0.315 e. The van der Waals surface area contributed by atoms with Crippen molar-refractivity contribution >= 4 is 23.2 Å². The number of pyridine rings is 1. The first-order valence-electron chi connectivity index (χ1n) is 5.61. The number of aromatic nitrogens is 4. The standard InChI is InChI=1S/C11H11Cl2N5/c12-9-3-10(13)14-4-8(9)5-17-1-2-18-7-15-16-11(18)6-17/h3-4,7H,1-2,5-6H2. The summed E-state index contributed by atoms with van der Waals surface area (Å²) in [6, 6.07) is 1.67. The highest BCUT2D eigenvalue weighted by atomic mass is 35.5. The molecule has 1 aliphatic rings. The van der Waals surface area contributed by atoms with Crippen LogP contribution in [0.5, 0.6) is 0 Å². The first-order valence-corrected chi connectivity index (χ1v) is 6.37. The Balaban J connectivity index is 1.74. The third-order valence-electron chi connectivity index (χ3n) is 3.01. The fraction of sp³-hybridized carbons (Fsp3) is 0.364. The summed E-state index contributed by atoms with van der Waals surface area (Å²) in [4.78, 5) is 6.33. The summed E-state index contributed by atoms with van der Waals surface area (Å²) in [5, 5.41) is 9.06. The van der Waals surface area contributed by atoms with Crippen molar-refractivity contribution in [3.05, 3.63) is 40.2 Å². The summed E-state index contributed by atoms with van der Waals surface area (Å²) in [6.07, 6.45) is 3.49. The third-order valence-corrected chi connectivity index (χ3v) is 3.57. The molecule has 3 rings (SSSR count). The van der Waals surface area contributed by atoms with Crippen molar-refractivity contribution in [3.8, 4) is 0 Å². The molecule has 0 aliphatic carbocycles. The van der Waals surface area contributed by atoms with E-state index in [1.54, 1.807) is 18.6 Å². The Morgan fingerprint density at radius 2 is 2.17 bits per heavy atom. The van der Waals surface area contributed by atoms with Crippen LogP contribution in [0.15, 0.2) is 18.6 Å². The Hall–Kier alpha value is -1.17. The quantitative estimate of drug-likeness (QED) is 0.791. The van der Waals surface area contributed by atoms with Crippen molar-refractivity contribution in [1.29, 1.82) is 0 Å². The van der Waals surface area contributed by atoms with E-state index < -0.39 is 0 Å². The molecule has 0 aromatic carbocycles. The Morgan fingerprint density at radius 3 is 3.00 bits per heavy atom. The largest absolute Gasteiger partial charge is 0.315 e.